The van der Waals surface area contributed by atoms with E-state index in [-0.39, 0.29) is 41.7 Å². The molecule has 0 saturated carbocycles. The highest BCUT2D eigenvalue weighted by atomic mass is 32.2. The first kappa shape index (κ1) is 19.5. The molecule has 0 spiro atoms. The molecular weight excluding hydrogens is 372 g/mol. The summed E-state index contributed by atoms with van der Waals surface area (Å²) in [5.74, 6) is -1.13. The Morgan fingerprint density at radius 3 is 2.11 bits per heavy atom. The van der Waals surface area contributed by atoms with Gasteiger partial charge in [0.05, 0.1) is 23.6 Å². The van der Waals surface area contributed by atoms with Crippen molar-refractivity contribution in [2.75, 3.05) is 25.1 Å². The van der Waals surface area contributed by atoms with Crippen molar-refractivity contribution >= 4 is 33.5 Å². The van der Waals surface area contributed by atoms with E-state index < -0.39 is 10.0 Å². The molecule has 0 unspecified atom stereocenters. The average Bonchev–Trinajstić information content (AvgIpc) is 2.68. The van der Waals surface area contributed by atoms with Gasteiger partial charge in [-0.05, 0) is 43.5 Å². The molecule has 0 aromatic heterocycles. The highest BCUT2D eigenvalue weighted by Gasteiger charge is 2.33. The third-order valence-corrected chi connectivity index (χ3v) is 6.91. The van der Waals surface area contributed by atoms with Crippen LogP contribution in [0.4, 0.5) is 5.69 Å². The second kappa shape index (κ2) is 7.77. The topological polar surface area (TPSA) is 101 Å². The van der Waals surface area contributed by atoms with Crippen molar-refractivity contribution in [3.8, 4) is 0 Å². The predicted molar refractivity (Wildman–Crippen MR) is 96.3 cm³/mol. The number of rotatable bonds is 4. The largest absolute Gasteiger partial charge is 0.469 e. The van der Waals surface area contributed by atoms with Crippen molar-refractivity contribution in [1.82, 2.24) is 4.31 Å². The average molecular weight is 394 g/mol. The van der Waals surface area contributed by atoms with Crippen molar-refractivity contribution in [1.29, 1.82) is 0 Å². The van der Waals surface area contributed by atoms with Gasteiger partial charge in [0.2, 0.25) is 21.8 Å². The maximum atomic E-state index is 12.8. The van der Waals surface area contributed by atoms with Crippen LogP contribution in [0.1, 0.15) is 32.1 Å². The Kier molecular flexibility index (Phi) is 5.61. The molecule has 1 aromatic carbocycles. The van der Waals surface area contributed by atoms with E-state index in [0.29, 0.717) is 37.8 Å². The van der Waals surface area contributed by atoms with Crippen molar-refractivity contribution < 1.29 is 27.5 Å². The Bertz CT molecular complexity index is 825. The van der Waals surface area contributed by atoms with Crippen LogP contribution in [0.3, 0.4) is 0 Å². The summed E-state index contributed by atoms with van der Waals surface area (Å²) >= 11 is 0. The maximum Gasteiger partial charge on any atom is 0.308 e. The number of anilines is 1. The Hall–Kier alpha value is -2.26. The number of esters is 1. The third-order valence-electron chi connectivity index (χ3n) is 5.00. The van der Waals surface area contributed by atoms with E-state index in [9.17, 15) is 22.8 Å². The van der Waals surface area contributed by atoms with Gasteiger partial charge >= 0.3 is 5.97 Å². The number of carbonyl (C=O) groups excluding carboxylic acids is 3. The monoisotopic (exact) mass is 394 g/mol. The molecule has 2 fully saturated rings. The summed E-state index contributed by atoms with van der Waals surface area (Å²) in [7, 11) is -2.38. The molecule has 1 aromatic rings. The summed E-state index contributed by atoms with van der Waals surface area (Å²) in [6.07, 6.45) is 1.99. The van der Waals surface area contributed by atoms with Crippen molar-refractivity contribution in [3.63, 3.8) is 0 Å². The van der Waals surface area contributed by atoms with Gasteiger partial charge in [0.15, 0.2) is 0 Å². The minimum Gasteiger partial charge on any atom is -0.469 e. The number of benzene rings is 1. The van der Waals surface area contributed by atoms with Gasteiger partial charge < -0.3 is 4.74 Å². The van der Waals surface area contributed by atoms with Gasteiger partial charge in [-0.1, -0.05) is 0 Å². The lowest BCUT2D eigenvalue weighted by Gasteiger charge is -2.30. The summed E-state index contributed by atoms with van der Waals surface area (Å²) in [5.41, 5.74) is 0.382. The Morgan fingerprint density at radius 2 is 1.59 bits per heavy atom. The number of sulfonamides is 1. The molecule has 27 heavy (non-hydrogen) atoms. The standard InChI is InChI=1S/C18H22N2O6S/c1-26-18(23)13-9-11-19(12-10-13)27(24,25)15-7-5-14(6-8-15)20-16(21)3-2-4-17(20)22/h5-8,13H,2-4,9-12H2,1H3. The van der Waals surface area contributed by atoms with E-state index in [1.54, 1.807) is 0 Å². The van der Waals surface area contributed by atoms with Crippen LogP contribution in [0.5, 0.6) is 0 Å². The fraction of sp³-hybridized carbons (Fsp3) is 0.500. The molecule has 2 amide bonds. The van der Waals surface area contributed by atoms with E-state index >= 15 is 0 Å². The molecule has 2 saturated heterocycles. The van der Waals surface area contributed by atoms with Gasteiger partial charge in [0, 0.05) is 25.9 Å². The van der Waals surface area contributed by atoms with E-state index in [0.717, 1.165) is 4.90 Å². The number of imide groups is 1. The minimum atomic E-state index is -3.70. The second-order valence-corrected chi connectivity index (χ2v) is 8.61. The van der Waals surface area contributed by atoms with Crippen LogP contribution in [0.25, 0.3) is 0 Å². The first-order valence-corrected chi connectivity index (χ1v) is 10.3. The molecule has 2 aliphatic rings. The summed E-state index contributed by atoms with van der Waals surface area (Å²) < 4.78 is 31.7. The van der Waals surface area contributed by atoms with Gasteiger partial charge in [-0.2, -0.15) is 4.31 Å². The van der Waals surface area contributed by atoms with E-state index in [1.807, 2.05) is 0 Å². The van der Waals surface area contributed by atoms with Crippen LogP contribution in [-0.4, -0.2) is 50.7 Å². The quantitative estimate of drug-likeness (QED) is 0.564. The van der Waals surface area contributed by atoms with Crippen LogP contribution >= 0.6 is 0 Å². The summed E-state index contributed by atoms with van der Waals surface area (Å²) in [4.78, 5) is 36.8. The number of carbonyl (C=O) groups is 3. The van der Waals surface area contributed by atoms with Crippen molar-refractivity contribution in [2.45, 2.75) is 37.0 Å². The molecule has 2 aliphatic heterocycles. The lowest BCUT2D eigenvalue weighted by atomic mass is 9.99. The number of amides is 2. The summed E-state index contributed by atoms with van der Waals surface area (Å²) in [6, 6.07) is 5.78. The maximum absolute atomic E-state index is 12.8. The second-order valence-electron chi connectivity index (χ2n) is 6.67. The summed E-state index contributed by atoms with van der Waals surface area (Å²) in [6.45, 7) is 0.486. The number of methoxy groups -OCH3 is 1. The molecule has 9 heteroatoms. The molecular formula is C18H22N2O6S. The zero-order valence-corrected chi connectivity index (χ0v) is 15.9. The molecule has 146 valence electrons. The predicted octanol–water partition coefficient (Wildman–Crippen LogP) is 1.30. The highest BCUT2D eigenvalue weighted by molar-refractivity contribution is 7.89. The molecule has 0 N–H and O–H groups in total. The zero-order valence-electron chi connectivity index (χ0n) is 15.1. The molecule has 0 atom stereocenters. The molecule has 0 bridgehead atoms. The molecule has 8 nitrogen and oxygen atoms in total. The van der Waals surface area contributed by atoms with Gasteiger partial charge in [0.1, 0.15) is 0 Å². The fourth-order valence-electron chi connectivity index (χ4n) is 3.46. The van der Waals surface area contributed by atoms with E-state index in [4.69, 9.17) is 4.74 Å². The Labute approximate surface area is 158 Å². The number of ether oxygens (including phenoxy) is 1. The third kappa shape index (κ3) is 3.89. The van der Waals surface area contributed by atoms with E-state index in [1.165, 1.54) is 35.7 Å². The molecule has 0 radical (unpaired) electrons. The number of hydrogen-bond acceptors (Lipinski definition) is 6. The van der Waals surface area contributed by atoms with Crippen LogP contribution in [-0.2, 0) is 29.1 Å². The first-order valence-electron chi connectivity index (χ1n) is 8.88. The fourth-order valence-corrected chi connectivity index (χ4v) is 4.93. The molecule has 2 heterocycles. The van der Waals surface area contributed by atoms with Gasteiger partial charge in [0.25, 0.3) is 0 Å². The van der Waals surface area contributed by atoms with Crippen LogP contribution < -0.4 is 4.90 Å². The lowest BCUT2D eigenvalue weighted by molar-refractivity contribution is -0.146. The SMILES string of the molecule is COC(=O)C1CCN(S(=O)(=O)c2ccc(N3C(=O)CCCC3=O)cc2)CC1. The molecule has 0 aliphatic carbocycles. The minimum absolute atomic E-state index is 0.0969. The number of piperidine rings is 2. The Morgan fingerprint density at radius 1 is 1.04 bits per heavy atom. The normalized spacial score (nSPS) is 20.0. The Balaban J connectivity index is 1.73. The lowest BCUT2D eigenvalue weighted by Crippen LogP contribution is -2.41. The zero-order chi connectivity index (χ0) is 19.6. The smallest absolute Gasteiger partial charge is 0.308 e. The first-order chi connectivity index (χ1) is 12.8. The van der Waals surface area contributed by atoms with Gasteiger partial charge in [-0.3, -0.25) is 19.3 Å². The van der Waals surface area contributed by atoms with E-state index in [2.05, 4.69) is 0 Å². The van der Waals surface area contributed by atoms with Crippen molar-refractivity contribution in [3.05, 3.63) is 24.3 Å². The van der Waals surface area contributed by atoms with Crippen molar-refractivity contribution in [2.24, 2.45) is 5.92 Å². The number of nitrogens with zero attached hydrogens (tertiary/aromatic N) is 2. The van der Waals surface area contributed by atoms with Gasteiger partial charge in [-0.15, -0.1) is 0 Å². The van der Waals surface area contributed by atoms with Gasteiger partial charge in [-0.25, -0.2) is 8.42 Å². The summed E-state index contributed by atoms with van der Waals surface area (Å²) in [5, 5.41) is 0. The van der Waals surface area contributed by atoms with Crippen LogP contribution in [0.15, 0.2) is 29.2 Å². The number of hydrogen-bond donors (Lipinski definition) is 0. The molecule has 3 rings (SSSR count). The van der Waals surface area contributed by atoms with Crippen LogP contribution in [0, 0.1) is 5.92 Å². The highest BCUT2D eigenvalue weighted by Crippen LogP contribution is 2.27. The van der Waals surface area contributed by atoms with Crippen LogP contribution in [0.2, 0.25) is 0 Å².